The Kier molecular flexibility index (Phi) is 6.04. The molecule has 1 aliphatic rings. The molecule has 0 saturated carbocycles. The van der Waals surface area contributed by atoms with Crippen LogP contribution in [0.4, 0.5) is 25.0 Å². The minimum absolute atomic E-state index is 0.00257. The summed E-state index contributed by atoms with van der Waals surface area (Å²) in [5, 5.41) is 10.1. The number of rotatable bonds is 5. The number of nitrogens with zero attached hydrogens (tertiary/aromatic N) is 1. The maximum atomic E-state index is 14.4. The van der Waals surface area contributed by atoms with Crippen LogP contribution in [0.3, 0.4) is 0 Å². The van der Waals surface area contributed by atoms with Gasteiger partial charge in [0.2, 0.25) is 10.0 Å². The zero-order valence-electron chi connectivity index (χ0n) is 15.8. The minimum Gasteiger partial charge on any atom is -0.367 e. The third-order valence-corrected chi connectivity index (χ3v) is 5.68. The van der Waals surface area contributed by atoms with Crippen LogP contribution in [0.5, 0.6) is 0 Å². The smallest absolute Gasteiger partial charge is 0.319 e. The number of sulfonamides is 1. The van der Waals surface area contributed by atoms with Crippen LogP contribution in [-0.4, -0.2) is 27.5 Å². The van der Waals surface area contributed by atoms with E-state index in [1.54, 1.807) is 11.8 Å². The predicted octanol–water partition coefficient (Wildman–Crippen LogP) is 3.10. The Morgan fingerprint density at radius 2 is 1.66 bits per heavy atom. The number of benzene rings is 2. The molecule has 4 N–H and O–H groups in total. The van der Waals surface area contributed by atoms with Crippen LogP contribution in [0.2, 0.25) is 0 Å². The molecule has 1 aliphatic heterocycles. The molecule has 2 aromatic rings. The van der Waals surface area contributed by atoms with E-state index in [1.165, 1.54) is 24.3 Å². The highest BCUT2D eigenvalue weighted by molar-refractivity contribution is 7.89. The van der Waals surface area contributed by atoms with Gasteiger partial charge in [0, 0.05) is 18.8 Å². The van der Waals surface area contributed by atoms with Crippen LogP contribution in [0.15, 0.2) is 41.3 Å². The molecule has 0 aromatic heterocycles. The number of carbonyl (C=O) groups excluding carboxylic acids is 1. The lowest BCUT2D eigenvalue weighted by Gasteiger charge is -2.20. The summed E-state index contributed by atoms with van der Waals surface area (Å²) in [6, 6.07) is 6.75. The summed E-state index contributed by atoms with van der Waals surface area (Å²) < 4.78 is 51.3. The van der Waals surface area contributed by atoms with Crippen molar-refractivity contribution in [3.63, 3.8) is 0 Å². The summed E-state index contributed by atoms with van der Waals surface area (Å²) in [7, 11) is -3.80. The summed E-state index contributed by atoms with van der Waals surface area (Å²) in [5.41, 5.74) is 0.559. The van der Waals surface area contributed by atoms with Gasteiger partial charge in [-0.25, -0.2) is 27.1 Å². The van der Waals surface area contributed by atoms with Crippen molar-refractivity contribution in [2.45, 2.75) is 30.7 Å². The molecule has 0 radical (unpaired) electrons. The monoisotopic (exact) mass is 424 g/mol. The number of anilines is 2. The van der Waals surface area contributed by atoms with E-state index in [2.05, 4.69) is 10.6 Å². The van der Waals surface area contributed by atoms with Gasteiger partial charge in [0.1, 0.15) is 5.69 Å². The van der Waals surface area contributed by atoms with E-state index in [4.69, 9.17) is 5.14 Å². The maximum Gasteiger partial charge on any atom is 0.319 e. The molecule has 1 heterocycles. The second-order valence-corrected chi connectivity index (χ2v) is 8.48. The molecule has 0 bridgehead atoms. The summed E-state index contributed by atoms with van der Waals surface area (Å²) >= 11 is 0. The number of urea groups is 1. The van der Waals surface area contributed by atoms with Gasteiger partial charge in [-0.3, -0.25) is 0 Å². The average molecular weight is 424 g/mol. The normalized spacial score (nSPS) is 15.2. The van der Waals surface area contributed by atoms with Crippen molar-refractivity contribution in [1.29, 1.82) is 0 Å². The van der Waals surface area contributed by atoms with Gasteiger partial charge in [-0.15, -0.1) is 0 Å². The van der Waals surface area contributed by atoms with E-state index >= 15 is 0 Å². The van der Waals surface area contributed by atoms with Crippen LogP contribution in [0, 0.1) is 11.6 Å². The van der Waals surface area contributed by atoms with Gasteiger partial charge in [0.05, 0.1) is 10.9 Å². The number of nitrogens with two attached hydrogens (primary N) is 1. The van der Waals surface area contributed by atoms with Gasteiger partial charge in [0.25, 0.3) is 0 Å². The Bertz CT molecular complexity index is 984. The van der Waals surface area contributed by atoms with Gasteiger partial charge in [-0.1, -0.05) is 12.1 Å². The highest BCUT2D eigenvalue weighted by Crippen LogP contribution is 2.29. The van der Waals surface area contributed by atoms with E-state index < -0.39 is 33.7 Å². The summed E-state index contributed by atoms with van der Waals surface area (Å²) in [5.74, 6) is -1.46. The highest BCUT2D eigenvalue weighted by Gasteiger charge is 2.21. The first-order valence-electron chi connectivity index (χ1n) is 9.09. The Hall–Kier alpha value is -2.72. The predicted molar refractivity (Wildman–Crippen MR) is 106 cm³/mol. The molecular formula is C19H22F2N4O3S. The Labute approximate surface area is 167 Å². The zero-order chi connectivity index (χ0) is 21.2. The quantitative estimate of drug-likeness (QED) is 0.686. The van der Waals surface area contributed by atoms with Crippen LogP contribution >= 0.6 is 0 Å². The number of nitrogens with one attached hydrogen (secondary N) is 2. The van der Waals surface area contributed by atoms with E-state index in [0.717, 1.165) is 25.0 Å². The van der Waals surface area contributed by atoms with E-state index in [0.29, 0.717) is 18.7 Å². The fourth-order valence-corrected chi connectivity index (χ4v) is 3.79. The Morgan fingerprint density at radius 1 is 1.10 bits per heavy atom. The zero-order valence-corrected chi connectivity index (χ0v) is 16.6. The summed E-state index contributed by atoms with van der Waals surface area (Å²) in [6.45, 7) is 2.88. The maximum absolute atomic E-state index is 14.4. The topological polar surface area (TPSA) is 105 Å². The lowest BCUT2D eigenvalue weighted by molar-refractivity contribution is 0.249. The largest absolute Gasteiger partial charge is 0.367 e. The van der Waals surface area contributed by atoms with Crippen molar-refractivity contribution in [3.8, 4) is 0 Å². The van der Waals surface area contributed by atoms with Crippen LogP contribution in [0.1, 0.15) is 31.4 Å². The van der Waals surface area contributed by atoms with Crippen LogP contribution in [-0.2, 0) is 10.0 Å². The first-order valence-corrected chi connectivity index (χ1v) is 10.6. The standard InChI is InChI=1S/C19H22F2N4O3S/c1-12(13-4-6-15(7-5-13)29(22,27)28)23-19(26)24-14-10-16(20)18(17(21)11-14)25-8-2-3-9-25/h4-7,10-12H,2-3,8-9H2,1H3,(H2,22,27,28)(H2,23,24,26). The third kappa shape index (κ3) is 5.01. The number of hydrogen-bond donors (Lipinski definition) is 3. The van der Waals surface area contributed by atoms with E-state index in [1.807, 2.05) is 0 Å². The van der Waals surface area contributed by atoms with Crippen molar-refractivity contribution in [1.82, 2.24) is 5.32 Å². The number of hydrogen-bond acceptors (Lipinski definition) is 4. The molecule has 1 unspecified atom stereocenters. The van der Waals surface area contributed by atoms with Gasteiger partial charge in [-0.2, -0.15) is 0 Å². The second kappa shape index (κ2) is 8.34. The summed E-state index contributed by atoms with van der Waals surface area (Å²) in [6.07, 6.45) is 1.77. The Morgan fingerprint density at radius 3 is 2.17 bits per heavy atom. The van der Waals surface area contributed by atoms with Crippen molar-refractivity contribution >= 4 is 27.4 Å². The van der Waals surface area contributed by atoms with Gasteiger partial charge >= 0.3 is 6.03 Å². The lowest BCUT2D eigenvalue weighted by Crippen LogP contribution is -2.31. The third-order valence-electron chi connectivity index (χ3n) is 4.75. The molecule has 2 aromatic carbocycles. The molecule has 29 heavy (non-hydrogen) atoms. The molecular weight excluding hydrogens is 402 g/mol. The molecule has 156 valence electrons. The highest BCUT2D eigenvalue weighted by atomic mass is 32.2. The first kappa shape index (κ1) is 21.0. The molecule has 2 amide bonds. The van der Waals surface area contributed by atoms with Crippen LogP contribution < -0.4 is 20.7 Å². The molecule has 0 aliphatic carbocycles. The van der Waals surface area contributed by atoms with Gasteiger partial charge in [0.15, 0.2) is 11.6 Å². The number of primary sulfonamides is 1. The lowest BCUT2D eigenvalue weighted by atomic mass is 10.1. The van der Waals surface area contributed by atoms with E-state index in [-0.39, 0.29) is 16.3 Å². The fraction of sp³-hybridized carbons (Fsp3) is 0.316. The number of carbonyl (C=O) groups is 1. The van der Waals surface area contributed by atoms with Crippen molar-refractivity contribution in [2.24, 2.45) is 5.14 Å². The van der Waals surface area contributed by atoms with Gasteiger partial charge < -0.3 is 15.5 Å². The van der Waals surface area contributed by atoms with Crippen molar-refractivity contribution in [3.05, 3.63) is 53.6 Å². The van der Waals surface area contributed by atoms with E-state index in [9.17, 15) is 22.0 Å². The molecule has 3 rings (SSSR count). The minimum atomic E-state index is -3.80. The summed E-state index contributed by atoms with van der Waals surface area (Å²) in [4.78, 5) is 13.8. The van der Waals surface area contributed by atoms with Crippen molar-refractivity contribution in [2.75, 3.05) is 23.3 Å². The van der Waals surface area contributed by atoms with Crippen molar-refractivity contribution < 1.29 is 22.0 Å². The first-order chi connectivity index (χ1) is 13.6. The number of amides is 2. The SMILES string of the molecule is CC(NC(=O)Nc1cc(F)c(N2CCCC2)c(F)c1)c1ccc(S(N)(=O)=O)cc1. The fourth-order valence-electron chi connectivity index (χ4n) is 3.27. The molecule has 1 saturated heterocycles. The number of halogens is 2. The molecule has 0 spiro atoms. The molecule has 1 fully saturated rings. The Balaban J connectivity index is 1.65. The van der Waals surface area contributed by atoms with Crippen LogP contribution in [0.25, 0.3) is 0 Å². The van der Waals surface area contributed by atoms with Gasteiger partial charge in [-0.05, 0) is 49.6 Å². The average Bonchev–Trinajstić information content (AvgIpc) is 3.14. The molecule has 10 heteroatoms. The molecule has 7 nitrogen and oxygen atoms in total. The molecule has 1 atom stereocenters. The second-order valence-electron chi connectivity index (χ2n) is 6.92.